The number of carbonyl (C=O) groups excluding carboxylic acids is 1. The van der Waals surface area contributed by atoms with Gasteiger partial charge >= 0.3 is 12.1 Å². The van der Waals surface area contributed by atoms with Crippen LogP contribution in [0.4, 0.5) is 10.5 Å². The molecule has 0 radical (unpaired) electrons. The third kappa shape index (κ3) is 4.66. The molecular formula is C14H16Cl3NO4. The van der Waals surface area contributed by atoms with Crippen LogP contribution in [0.3, 0.4) is 0 Å². The number of halogens is 3. The maximum Gasteiger partial charge on any atom is 0.415 e. The lowest BCUT2D eigenvalue weighted by atomic mass is 10.2. The van der Waals surface area contributed by atoms with E-state index in [9.17, 15) is 14.7 Å². The first-order valence-corrected chi connectivity index (χ1v) is 7.47. The second-order valence-corrected chi connectivity index (χ2v) is 6.81. The number of aliphatic carboxylic acids is 1. The third-order valence-electron chi connectivity index (χ3n) is 2.57. The Hall–Kier alpha value is -1.17. The van der Waals surface area contributed by atoms with Gasteiger partial charge in [-0.3, -0.25) is 4.90 Å². The summed E-state index contributed by atoms with van der Waals surface area (Å²) >= 11 is 18.0. The smallest absolute Gasteiger partial charge is 0.415 e. The van der Waals surface area contributed by atoms with Crippen LogP contribution >= 0.6 is 34.8 Å². The topological polar surface area (TPSA) is 66.8 Å². The first-order valence-electron chi connectivity index (χ1n) is 6.33. The third-order valence-corrected chi connectivity index (χ3v) is 3.58. The molecule has 8 heteroatoms. The Morgan fingerprint density at radius 3 is 2.23 bits per heavy atom. The molecule has 0 heterocycles. The van der Waals surface area contributed by atoms with Crippen molar-refractivity contribution in [3.63, 3.8) is 0 Å². The number of nitrogens with zero attached hydrogens (tertiary/aromatic N) is 1. The zero-order valence-electron chi connectivity index (χ0n) is 12.5. The monoisotopic (exact) mass is 367 g/mol. The summed E-state index contributed by atoms with van der Waals surface area (Å²) in [6, 6.07) is 1.54. The van der Waals surface area contributed by atoms with E-state index in [4.69, 9.17) is 39.5 Å². The first-order chi connectivity index (χ1) is 9.94. The molecule has 0 aliphatic carbocycles. The molecule has 0 fully saturated rings. The number of carboxylic acid groups (broad SMARTS) is 1. The average Bonchev–Trinajstić information content (AvgIpc) is 2.32. The minimum absolute atomic E-state index is 0.0185. The van der Waals surface area contributed by atoms with Crippen LogP contribution in [0.25, 0.3) is 0 Å². The molecule has 0 unspecified atom stereocenters. The van der Waals surface area contributed by atoms with Crippen molar-refractivity contribution in [2.75, 3.05) is 4.90 Å². The van der Waals surface area contributed by atoms with E-state index in [1.54, 1.807) is 20.8 Å². The summed E-state index contributed by atoms with van der Waals surface area (Å²) in [5.74, 6) is -1.22. The molecule has 5 nitrogen and oxygen atoms in total. The zero-order valence-corrected chi connectivity index (χ0v) is 14.8. The molecular weight excluding hydrogens is 353 g/mol. The van der Waals surface area contributed by atoms with Gasteiger partial charge in [0.25, 0.3) is 0 Å². The van der Waals surface area contributed by atoms with E-state index in [0.717, 1.165) is 4.90 Å². The van der Waals surface area contributed by atoms with Gasteiger partial charge in [0.1, 0.15) is 11.6 Å². The van der Waals surface area contributed by atoms with Crippen LogP contribution in [0.5, 0.6) is 0 Å². The fourth-order valence-electron chi connectivity index (χ4n) is 1.60. The lowest BCUT2D eigenvalue weighted by Gasteiger charge is -2.30. The van der Waals surface area contributed by atoms with Crippen molar-refractivity contribution in [1.82, 2.24) is 0 Å². The Morgan fingerprint density at radius 1 is 1.23 bits per heavy atom. The van der Waals surface area contributed by atoms with Crippen LogP contribution in [0.15, 0.2) is 12.1 Å². The molecule has 0 aliphatic heterocycles. The molecule has 1 N–H and O–H groups in total. The molecule has 0 spiro atoms. The molecule has 0 saturated carbocycles. The summed E-state index contributed by atoms with van der Waals surface area (Å²) in [6.45, 7) is 6.33. The summed E-state index contributed by atoms with van der Waals surface area (Å²) < 4.78 is 5.24. The Labute approximate surface area is 143 Å². The summed E-state index contributed by atoms with van der Waals surface area (Å²) in [7, 11) is 0. The number of carboxylic acids is 1. The van der Waals surface area contributed by atoms with Crippen LogP contribution in [0.1, 0.15) is 27.7 Å². The standard InChI is InChI=1S/C14H16Cl3NO4/c1-7(12(19)20)18(13(21)22-14(2,3)4)10-6-8(15)5-9(16)11(10)17/h5-7H,1-4H3,(H,19,20)/t7-/m1/s1. The fraction of sp³-hybridized carbons (Fsp3) is 0.429. The van der Waals surface area contributed by atoms with Crippen LogP contribution in [0.2, 0.25) is 15.1 Å². The van der Waals surface area contributed by atoms with Crippen molar-refractivity contribution >= 4 is 52.6 Å². The van der Waals surface area contributed by atoms with E-state index in [0.29, 0.717) is 0 Å². The molecule has 0 bridgehead atoms. The largest absolute Gasteiger partial charge is 0.480 e. The number of ether oxygens (including phenoxy) is 1. The van der Waals surface area contributed by atoms with Crippen molar-refractivity contribution in [3.8, 4) is 0 Å². The van der Waals surface area contributed by atoms with Gasteiger partial charge in [0.2, 0.25) is 0 Å². The molecule has 1 aromatic rings. The fourth-order valence-corrected chi connectivity index (χ4v) is 2.29. The van der Waals surface area contributed by atoms with E-state index in [1.807, 2.05) is 0 Å². The molecule has 1 atom stereocenters. The summed E-state index contributed by atoms with van der Waals surface area (Å²) in [4.78, 5) is 24.6. The molecule has 122 valence electrons. The zero-order chi connectivity index (χ0) is 17.2. The number of rotatable bonds is 3. The second-order valence-electron chi connectivity index (χ2n) is 5.59. The van der Waals surface area contributed by atoms with Gasteiger partial charge in [0.15, 0.2) is 0 Å². The van der Waals surface area contributed by atoms with Gasteiger partial charge in [0.05, 0.1) is 15.7 Å². The van der Waals surface area contributed by atoms with E-state index < -0.39 is 23.7 Å². The van der Waals surface area contributed by atoms with Crippen LogP contribution < -0.4 is 4.90 Å². The number of benzene rings is 1. The van der Waals surface area contributed by atoms with Gasteiger partial charge in [-0.1, -0.05) is 34.8 Å². The SMILES string of the molecule is C[C@H](C(=O)O)N(C(=O)OC(C)(C)C)c1cc(Cl)cc(Cl)c1Cl. The van der Waals surface area contributed by atoms with Crippen LogP contribution in [-0.2, 0) is 9.53 Å². The van der Waals surface area contributed by atoms with E-state index >= 15 is 0 Å². The predicted molar refractivity (Wildman–Crippen MR) is 87.3 cm³/mol. The van der Waals surface area contributed by atoms with Gasteiger partial charge in [-0.15, -0.1) is 0 Å². The molecule has 1 rings (SSSR count). The van der Waals surface area contributed by atoms with Gasteiger partial charge in [0, 0.05) is 5.02 Å². The first kappa shape index (κ1) is 18.9. The van der Waals surface area contributed by atoms with E-state index in [-0.39, 0.29) is 20.8 Å². The van der Waals surface area contributed by atoms with Crippen molar-refractivity contribution in [2.24, 2.45) is 0 Å². The minimum Gasteiger partial charge on any atom is -0.480 e. The molecule has 1 amide bonds. The van der Waals surface area contributed by atoms with Gasteiger partial charge in [-0.25, -0.2) is 9.59 Å². The highest BCUT2D eigenvalue weighted by atomic mass is 35.5. The van der Waals surface area contributed by atoms with E-state index in [1.165, 1.54) is 19.1 Å². The Bertz CT molecular complexity index is 598. The maximum atomic E-state index is 12.4. The minimum atomic E-state index is -1.22. The number of hydrogen-bond acceptors (Lipinski definition) is 3. The summed E-state index contributed by atoms with van der Waals surface area (Å²) in [6.07, 6.45) is -0.859. The lowest BCUT2D eigenvalue weighted by molar-refractivity contribution is -0.138. The Balaban J connectivity index is 3.39. The van der Waals surface area contributed by atoms with Crippen molar-refractivity contribution in [1.29, 1.82) is 0 Å². The highest BCUT2D eigenvalue weighted by Gasteiger charge is 2.33. The highest BCUT2D eigenvalue weighted by Crippen LogP contribution is 2.37. The quantitative estimate of drug-likeness (QED) is 0.774. The van der Waals surface area contributed by atoms with Crippen LogP contribution in [0, 0.1) is 0 Å². The Kier molecular flexibility index (Phi) is 5.96. The van der Waals surface area contributed by atoms with E-state index in [2.05, 4.69) is 0 Å². The summed E-state index contributed by atoms with van der Waals surface area (Å²) in [5, 5.41) is 9.58. The lowest BCUT2D eigenvalue weighted by Crippen LogP contribution is -2.46. The average molecular weight is 369 g/mol. The Morgan fingerprint density at radius 2 is 1.77 bits per heavy atom. The molecule has 0 aliphatic rings. The molecule has 22 heavy (non-hydrogen) atoms. The molecule has 0 aromatic heterocycles. The molecule has 1 aromatic carbocycles. The predicted octanol–water partition coefficient (Wildman–Crippen LogP) is 4.86. The van der Waals surface area contributed by atoms with Crippen molar-refractivity contribution < 1.29 is 19.4 Å². The number of amides is 1. The molecule has 0 saturated heterocycles. The van der Waals surface area contributed by atoms with Crippen LogP contribution in [-0.4, -0.2) is 28.8 Å². The number of anilines is 1. The normalized spacial score (nSPS) is 12.7. The van der Waals surface area contributed by atoms with Gasteiger partial charge in [-0.05, 0) is 39.8 Å². The second kappa shape index (κ2) is 6.94. The highest BCUT2D eigenvalue weighted by molar-refractivity contribution is 6.45. The van der Waals surface area contributed by atoms with Crippen molar-refractivity contribution in [2.45, 2.75) is 39.3 Å². The maximum absolute atomic E-state index is 12.4. The van der Waals surface area contributed by atoms with Crippen molar-refractivity contribution in [3.05, 3.63) is 27.2 Å². The number of hydrogen-bond donors (Lipinski definition) is 1. The van der Waals surface area contributed by atoms with Gasteiger partial charge < -0.3 is 9.84 Å². The number of carbonyl (C=O) groups is 2. The van der Waals surface area contributed by atoms with Gasteiger partial charge in [-0.2, -0.15) is 0 Å². The summed E-state index contributed by atoms with van der Waals surface area (Å²) in [5.41, 5.74) is -0.731.